The molecule has 0 bridgehead atoms. The van der Waals surface area contributed by atoms with Gasteiger partial charge in [0, 0.05) is 36.1 Å². The zero-order valence-electron chi connectivity index (χ0n) is 12.8. The average molecular weight is 313 g/mol. The van der Waals surface area contributed by atoms with Gasteiger partial charge < -0.3 is 4.90 Å². The molecule has 0 aliphatic carbocycles. The molecule has 1 aliphatic heterocycles. The monoisotopic (exact) mass is 312 g/mol. The number of amides is 1. The van der Waals surface area contributed by atoms with Gasteiger partial charge in [0.1, 0.15) is 0 Å². The first-order valence-electron chi connectivity index (χ1n) is 7.08. The fourth-order valence-corrected chi connectivity index (χ4v) is 2.81. The molecule has 0 spiro atoms. The third-order valence-electron chi connectivity index (χ3n) is 3.93. The largest absolute Gasteiger partial charge is 0.381 e. The smallest absolute Gasteiger partial charge is 0.265 e. The lowest BCUT2D eigenvalue weighted by Gasteiger charge is -2.18. The minimum atomic E-state index is -0.0188. The molecule has 2 aromatic rings. The average Bonchev–Trinajstić information content (AvgIpc) is 2.78. The molecule has 0 unspecified atom stereocenters. The van der Waals surface area contributed by atoms with Crippen molar-refractivity contribution in [2.24, 2.45) is 0 Å². The molecule has 3 rings (SSSR count). The van der Waals surface area contributed by atoms with Crippen LogP contribution >= 0.6 is 11.6 Å². The van der Waals surface area contributed by atoms with Crippen LogP contribution in [0.1, 0.15) is 12.5 Å². The molecule has 1 aliphatic rings. The lowest BCUT2D eigenvalue weighted by Crippen LogP contribution is -2.22. The summed E-state index contributed by atoms with van der Waals surface area (Å²) < 4.78 is 0. The Morgan fingerprint density at radius 3 is 2.41 bits per heavy atom. The quantitative estimate of drug-likeness (QED) is 0.771. The highest BCUT2D eigenvalue weighted by atomic mass is 35.5. The zero-order valence-corrected chi connectivity index (χ0v) is 13.6. The highest BCUT2D eigenvalue weighted by molar-refractivity contribution is 6.37. The van der Waals surface area contributed by atoms with E-state index in [2.05, 4.69) is 0 Å². The molecule has 0 saturated heterocycles. The van der Waals surface area contributed by atoms with E-state index in [4.69, 9.17) is 11.6 Å². The van der Waals surface area contributed by atoms with Gasteiger partial charge in [-0.15, -0.1) is 0 Å². The predicted molar refractivity (Wildman–Crippen MR) is 91.3 cm³/mol. The topological polar surface area (TPSA) is 23.6 Å². The lowest BCUT2D eigenvalue weighted by molar-refractivity contribution is -0.112. The van der Waals surface area contributed by atoms with Gasteiger partial charge in [-0.05, 0) is 31.2 Å². The van der Waals surface area contributed by atoms with E-state index < -0.39 is 0 Å². The van der Waals surface area contributed by atoms with Crippen molar-refractivity contribution in [2.45, 2.75) is 6.92 Å². The molecular weight excluding hydrogens is 296 g/mol. The number of carbonyl (C=O) groups is 1. The normalized spacial score (nSPS) is 15.8. The van der Waals surface area contributed by atoms with Gasteiger partial charge in [0.05, 0.1) is 11.3 Å². The van der Waals surface area contributed by atoms with Crippen LogP contribution in [0.4, 0.5) is 11.4 Å². The van der Waals surface area contributed by atoms with Crippen LogP contribution in [0, 0.1) is 0 Å². The second-order valence-corrected chi connectivity index (χ2v) is 5.93. The van der Waals surface area contributed by atoms with Crippen molar-refractivity contribution in [3.63, 3.8) is 0 Å². The van der Waals surface area contributed by atoms with E-state index in [1.54, 1.807) is 4.90 Å². The third kappa shape index (κ3) is 2.28. The van der Waals surface area contributed by atoms with E-state index in [1.807, 2.05) is 74.4 Å². The first-order chi connectivity index (χ1) is 10.5. The molecule has 0 N–H and O–H groups in total. The molecule has 0 saturated carbocycles. The summed E-state index contributed by atoms with van der Waals surface area (Å²) in [6.45, 7) is 1.96. The molecule has 0 atom stereocenters. The number of benzene rings is 2. The number of para-hydroxylation sites is 1. The van der Waals surface area contributed by atoms with E-state index in [0.29, 0.717) is 5.02 Å². The van der Waals surface area contributed by atoms with E-state index in [0.717, 1.165) is 28.2 Å². The van der Waals surface area contributed by atoms with E-state index >= 15 is 0 Å². The van der Waals surface area contributed by atoms with Crippen LogP contribution in [0.5, 0.6) is 0 Å². The molecule has 1 amide bonds. The van der Waals surface area contributed by atoms with Crippen LogP contribution in [-0.4, -0.2) is 24.9 Å². The van der Waals surface area contributed by atoms with Crippen LogP contribution in [0.15, 0.2) is 54.2 Å². The Kier molecular flexibility index (Phi) is 3.67. The maximum atomic E-state index is 13.0. The maximum absolute atomic E-state index is 13.0. The fraction of sp³-hybridized carbons (Fsp3) is 0.167. The van der Waals surface area contributed by atoms with Crippen molar-refractivity contribution in [3.8, 4) is 0 Å². The number of nitrogens with zero attached hydrogens (tertiary/aromatic N) is 2. The Morgan fingerprint density at radius 2 is 1.77 bits per heavy atom. The minimum Gasteiger partial charge on any atom is -0.381 e. The molecule has 0 radical (unpaired) electrons. The van der Waals surface area contributed by atoms with Gasteiger partial charge >= 0.3 is 0 Å². The molecule has 1 heterocycles. The summed E-state index contributed by atoms with van der Waals surface area (Å²) in [6.07, 6.45) is 0. The highest BCUT2D eigenvalue weighted by Gasteiger charge is 2.35. The lowest BCUT2D eigenvalue weighted by atomic mass is 10.1. The van der Waals surface area contributed by atoms with Gasteiger partial charge in [0.15, 0.2) is 0 Å². The predicted octanol–water partition coefficient (Wildman–Crippen LogP) is 4.31. The summed E-state index contributed by atoms with van der Waals surface area (Å²) in [5.74, 6) is -0.0188. The second kappa shape index (κ2) is 5.50. The minimum absolute atomic E-state index is 0.0188. The zero-order chi connectivity index (χ0) is 15.9. The standard InChI is InChI=1S/C18H17ClN2O/c1-12(20(2)3)17-15-10-9-13(19)11-16(15)21(18(17)22)14-7-5-4-6-8-14/h4-11H,1-3H3. The molecule has 2 aromatic carbocycles. The van der Waals surface area contributed by atoms with Crippen molar-refractivity contribution < 1.29 is 4.79 Å². The Morgan fingerprint density at radius 1 is 1.09 bits per heavy atom. The number of hydrogen-bond acceptors (Lipinski definition) is 2. The first-order valence-corrected chi connectivity index (χ1v) is 7.46. The third-order valence-corrected chi connectivity index (χ3v) is 4.17. The number of halogens is 1. The molecule has 3 nitrogen and oxygen atoms in total. The fourth-order valence-electron chi connectivity index (χ4n) is 2.64. The molecule has 22 heavy (non-hydrogen) atoms. The van der Waals surface area contributed by atoms with Gasteiger partial charge in [-0.2, -0.15) is 0 Å². The molecule has 4 heteroatoms. The number of anilines is 2. The van der Waals surface area contributed by atoms with Gasteiger partial charge in [-0.1, -0.05) is 35.9 Å². The van der Waals surface area contributed by atoms with Gasteiger partial charge in [-0.3, -0.25) is 9.69 Å². The van der Waals surface area contributed by atoms with Crippen molar-refractivity contribution >= 4 is 34.5 Å². The Labute approximate surface area is 135 Å². The van der Waals surface area contributed by atoms with Crippen LogP contribution in [0.2, 0.25) is 5.02 Å². The van der Waals surface area contributed by atoms with Crippen molar-refractivity contribution in [2.75, 3.05) is 19.0 Å². The molecule has 0 aromatic heterocycles. The van der Waals surface area contributed by atoms with Crippen molar-refractivity contribution in [1.82, 2.24) is 4.90 Å². The number of fused-ring (bicyclic) bond motifs is 1. The summed E-state index contributed by atoms with van der Waals surface area (Å²) in [4.78, 5) is 16.7. The summed E-state index contributed by atoms with van der Waals surface area (Å²) in [7, 11) is 3.88. The molecular formula is C18H17ClN2O. The van der Waals surface area contributed by atoms with Crippen molar-refractivity contribution in [3.05, 3.63) is 64.8 Å². The molecule has 0 fully saturated rings. The highest BCUT2D eigenvalue weighted by Crippen LogP contribution is 2.43. The number of carbonyl (C=O) groups excluding carboxylic acids is 1. The van der Waals surface area contributed by atoms with Crippen LogP contribution in [-0.2, 0) is 4.79 Å². The van der Waals surface area contributed by atoms with Crippen molar-refractivity contribution in [1.29, 1.82) is 0 Å². The second-order valence-electron chi connectivity index (χ2n) is 5.49. The first kappa shape index (κ1) is 14.7. The number of rotatable bonds is 2. The van der Waals surface area contributed by atoms with Gasteiger partial charge in [0.25, 0.3) is 5.91 Å². The van der Waals surface area contributed by atoms with Gasteiger partial charge in [0.2, 0.25) is 0 Å². The van der Waals surface area contributed by atoms with Gasteiger partial charge in [-0.25, -0.2) is 0 Å². The van der Waals surface area contributed by atoms with Crippen LogP contribution in [0.3, 0.4) is 0 Å². The summed E-state index contributed by atoms with van der Waals surface area (Å²) in [5.41, 5.74) is 4.26. The van der Waals surface area contributed by atoms with E-state index in [-0.39, 0.29) is 5.91 Å². The molecule has 112 valence electrons. The Balaban J connectivity index is 2.26. The van der Waals surface area contributed by atoms with E-state index in [1.165, 1.54) is 0 Å². The Bertz CT molecular complexity index is 766. The van der Waals surface area contributed by atoms with Crippen LogP contribution in [0.25, 0.3) is 5.57 Å². The number of allylic oxidation sites excluding steroid dienone is 1. The van der Waals surface area contributed by atoms with E-state index in [9.17, 15) is 4.79 Å². The Hall–Kier alpha value is -2.26. The maximum Gasteiger partial charge on any atom is 0.265 e. The SMILES string of the molecule is CC(=C1C(=O)N(c2ccccc2)c2cc(Cl)ccc21)N(C)C. The summed E-state index contributed by atoms with van der Waals surface area (Å²) >= 11 is 6.15. The number of hydrogen-bond donors (Lipinski definition) is 0. The summed E-state index contributed by atoms with van der Waals surface area (Å²) in [6, 6.07) is 15.2. The summed E-state index contributed by atoms with van der Waals surface area (Å²) in [5, 5.41) is 0.622. The van der Waals surface area contributed by atoms with Crippen LogP contribution < -0.4 is 4.90 Å².